The third-order valence-corrected chi connectivity index (χ3v) is 6.86. The first-order valence-corrected chi connectivity index (χ1v) is 10.7. The Kier molecular flexibility index (Phi) is 6.46. The van der Waals surface area contributed by atoms with Crippen LogP contribution in [0, 0.1) is 0 Å². The highest BCUT2D eigenvalue weighted by Gasteiger charge is 2.35. The van der Waals surface area contributed by atoms with Gasteiger partial charge in [-0.15, -0.1) is 0 Å². The summed E-state index contributed by atoms with van der Waals surface area (Å²) in [7, 11) is -3.61. The molecule has 2 fully saturated rings. The van der Waals surface area contributed by atoms with Crippen LogP contribution in [0.5, 0.6) is 0 Å². The first-order valence-electron chi connectivity index (χ1n) is 9.23. The summed E-state index contributed by atoms with van der Waals surface area (Å²) in [6.45, 7) is 1.51. The molecule has 2 amide bonds. The van der Waals surface area contributed by atoms with Gasteiger partial charge in [-0.2, -0.15) is 4.31 Å². The van der Waals surface area contributed by atoms with Gasteiger partial charge in [-0.3, -0.25) is 9.59 Å². The van der Waals surface area contributed by atoms with Gasteiger partial charge in [-0.25, -0.2) is 8.42 Å². The fraction of sp³-hybridized carbons (Fsp3) is 0.556. The topological polar surface area (TPSA) is 105 Å². The summed E-state index contributed by atoms with van der Waals surface area (Å²) in [5, 5.41) is 5.11. The highest BCUT2D eigenvalue weighted by atomic mass is 32.2. The SMILES string of the molecule is O=C(NC[C@@H]1CCCO1)C(=O)NC[C@@H]1CCCN1S(=O)(=O)c1ccccc1. The van der Waals surface area contributed by atoms with E-state index in [0.717, 1.165) is 19.3 Å². The van der Waals surface area contributed by atoms with Crippen molar-refractivity contribution in [2.45, 2.75) is 42.7 Å². The molecule has 0 unspecified atom stereocenters. The van der Waals surface area contributed by atoms with Crippen LogP contribution in [0.3, 0.4) is 0 Å². The number of sulfonamides is 1. The van der Waals surface area contributed by atoms with Gasteiger partial charge < -0.3 is 15.4 Å². The van der Waals surface area contributed by atoms with Crippen molar-refractivity contribution < 1.29 is 22.7 Å². The molecule has 2 N–H and O–H groups in total. The van der Waals surface area contributed by atoms with Crippen LogP contribution in [-0.2, 0) is 24.3 Å². The molecule has 3 rings (SSSR count). The van der Waals surface area contributed by atoms with E-state index in [1.165, 1.54) is 4.31 Å². The summed E-state index contributed by atoms with van der Waals surface area (Å²) in [5.74, 6) is -1.47. The molecule has 0 aliphatic carbocycles. The number of ether oxygens (including phenoxy) is 1. The number of hydrogen-bond acceptors (Lipinski definition) is 5. The quantitative estimate of drug-likeness (QED) is 0.672. The molecule has 0 aromatic heterocycles. The molecule has 0 bridgehead atoms. The molecule has 148 valence electrons. The van der Waals surface area contributed by atoms with E-state index in [-0.39, 0.29) is 23.6 Å². The van der Waals surface area contributed by atoms with Crippen molar-refractivity contribution in [3.8, 4) is 0 Å². The molecule has 0 saturated carbocycles. The molecule has 2 aliphatic heterocycles. The number of carbonyl (C=O) groups is 2. The van der Waals surface area contributed by atoms with Crippen molar-refractivity contribution in [2.24, 2.45) is 0 Å². The summed E-state index contributed by atoms with van der Waals surface area (Å²) in [4.78, 5) is 24.1. The monoisotopic (exact) mass is 395 g/mol. The molecule has 2 aliphatic rings. The minimum absolute atomic E-state index is 0.0388. The molecule has 9 heteroatoms. The third-order valence-electron chi connectivity index (χ3n) is 4.89. The van der Waals surface area contributed by atoms with Crippen LogP contribution in [-0.4, -0.2) is 62.9 Å². The summed E-state index contributed by atoms with van der Waals surface area (Å²) < 4.78 is 32.4. The van der Waals surface area contributed by atoms with E-state index in [0.29, 0.717) is 26.1 Å². The number of benzene rings is 1. The summed E-state index contributed by atoms with van der Waals surface area (Å²) in [6.07, 6.45) is 3.15. The third kappa shape index (κ3) is 4.85. The van der Waals surface area contributed by atoms with Crippen LogP contribution in [0.2, 0.25) is 0 Å². The Morgan fingerprint density at radius 1 is 1.04 bits per heavy atom. The van der Waals surface area contributed by atoms with Gasteiger partial charge in [-0.1, -0.05) is 18.2 Å². The number of rotatable bonds is 6. The maximum atomic E-state index is 12.8. The first-order chi connectivity index (χ1) is 13.0. The van der Waals surface area contributed by atoms with Gasteiger partial charge >= 0.3 is 11.8 Å². The number of nitrogens with zero attached hydrogens (tertiary/aromatic N) is 1. The number of nitrogens with one attached hydrogen (secondary N) is 2. The van der Waals surface area contributed by atoms with Crippen molar-refractivity contribution in [3.63, 3.8) is 0 Å². The minimum Gasteiger partial charge on any atom is -0.376 e. The lowest BCUT2D eigenvalue weighted by Crippen LogP contribution is -2.47. The van der Waals surface area contributed by atoms with Crippen LogP contribution in [0.4, 0.5) is 0 Å². The molecule has 1 aromatic rings. The van der Waals surface area contributed by atoms with Gasteiger partial charge in [0.05, 0.1) is 11.0 Å². The zero-order valence-corrected chi connectivity index (χ0v) is 15.9. The summed E-state index contributed by atoms with van der Waals surface area (Å²) in [5.41, 5.74) is 0. The molecule has 0 spiro atoms. The number of carbonyl (C=O) groups excluding carboxylic acids is 2. The second-order valence-corrected chi connectivity index (χ2v) is 8.67. The Morgan fingerprint density at radius 3 is 2.41 bits per heavy atom. The number of hydrogen-bond donors (Lipinski definition) is 2. The lowest BCUT2D eigenvalue weighted by Gasteiger charge is -2.24. The zero-order chi connectivity index (χ0) is 19.3. The Morgan fingerprint density at radius 2 is 1.74 bits per heavy atom. The summed E-state index contributed by atoms with van der Waals surface area (Å²) in [6, 6.07) is 7.88. The summed E-state index contributed by atoms with van der Waals surface area (Å²) >= 11 is 0. The van der Waals surface area contributed by atoms with Crippen molar-refractivity contribution in [2.75, 3.05) is 26.2 Å². The first kappa shape index (κ1) is 19.8. The highest BCUT2D eigenvalue weighted by Crippen LogP contribution is 2.25. The van der Waals surface area contributed by atoms with E-state index < -0.39 is 21.8 Å². The van der Waals surface area contributed by atoms with Crippen LogP contribution in [0.15, 0.2) is 35.2 Å². The van der Waals surface area contributed by atoms with E-state index in [9.17, 15) is 18.0 Å². The van der Waals surface area contributed by atoms with Crippen molar-refractivity contribution in [3.05, 3.63) is 30.3 Å². The minimum atomic E-state index is -3.61. The van der Waals surface area contributed by atoms with E-state index in [2.05, 4.69) is 10.6 Å². The van der Waals surface area contributed by atoms with Crippen molar-refractivity contribution >= 4 is 21.8 Å². The fourth-order valence-corrected chi connectivity index (χ4v) is 5.15. The molecule has 27 heavy (non-hydrogen) atoms. The maximum Gasteiger partial charge on any atom is 0.309 e. The standard InChI is InChI=1S/C18H25N3O5S/c22-17(18(23)20-13-15-7-5-11-26-15)19-12-14-6-4-10-21(14)27(24,25)16-8-2-1-3-9-16/h1-3,8-9,14-15H,4-7,10-13H2,(H,19,22)(H,20,23)/t14-,15-/m0/s1. The molecule has 2 atom stereocenters. The Bertz CT molecular complexity index is 762. The molecule has 8 nitrogen and oxygen atoms in total. The van der Waals surface area contributed by atoms with Gasteiger partial charge in [0.15, 0.2) is 0 Å². The Hall–Kier alpha value is -1.97. The molecular weight excluding hydrogens is 370 g/mol. The Balaban J connectivity index is 1.52. The van der Waals surface area contributed by atoms with E-state index >= 15 is 0 Å². The van der Waals surface area contributed by atoms with Crippen LogP contribution >= 0.6 is 0 Å². The molecular formula is C18H25N3O5S. The second kappa shape index (κ2) is 8.81. The van der Waals surface area contributed by atoms with Gasteiger partial charge in [0.25, 0.3) is 0 Å². The van der Waals surface area contributed by atoms with Gasteiger partial charge in [0.2, 0.25) is 10.0 Å². The molecule has 2 heterocycles. The average molecular weight is 395 g/mol. The van der Waals surface area contributed by atoms with Gasteiger partial charge in [0, 0.05) is 32.3 Å². The maximum absolute atomic E-state index is 12.8. The van der Waals surface area contributed by atoms with Crippen molar-refractivity contribution in [1.29, 1.82) is 0 Å². The van der Waals surface area contributed by atoms with Crippen molar-refractivity contribution in [1.82, 2.24) is 14.9 Å². The van der Waals surface area contributed by atoms with Crippen LogP contribution in [0.1, 0.15) is 25.7 Å². The predicted molar refractivity (Wildman–Crippen MR) is 98.3 cm³/mol. The fourth-order valence-electron chi connectivity index (χ4n) is 3.44. The lowest BCUT2D eigenvalue weighted by atomic mass is 10.2. The smallest absolute Gasteiger partial charge is 0.309 e. The van der Waals surface area contributed by atoms with Crippen LogP contribution in [0.25, 0.3) is 0 Å². The zero-order valence-electron chi connectivity index (χ0n) is 15.1. The number of amides is 2. The Labute approximate surface area is 159 Å². The normalized spacial score (nSPS) is 23.3. The van der Waals surface area contributed by atoms with Gasteiger partial charge in [-0.05, 0) is 37.8 Å². The van der Waals surface area contributed by atoms with E-state index in [4.69, 9.17) is 4.74 Å². The highest BCUT2D eigenvalue weighted by molar-refractivity contribution is 7.89. The van der Waals surface area contributed by atoms with Gasteiger partial charge in [0.1, 0.15) is 0 Å². The molecule has 0 radical (unpaired) electrons. The average Bonchev–Trinajstić information content (AvgIpc) is 3.36. The predicted octanol–water partition coefficient (Wildman–Crippen LogP) is 0.251. The van der Waals surface area contributed by atoms with Crippen LogP contribution < -0.4 is 10.6 Å². The van der Waals surface area contributed by atoms with E-state index in [1.807, 2.05) is 0 Å². The molecule has 1 aromatic carbocycles. The molecule has 2 saturated heterocycles. The second-order valence-electron chi connectivity index (χ2n) is 6.78. The largest absolute Gasteiger partial charge is 0.376 e. The lowest BCUT2D eigenvalue weighted by molar-refractivity contribution is -0.139. The van der Waals surface area contributed by atoms with E-state index in [1.54, 1.807) is 30.3 Å².